The van der Waals surface area contributed by atoms with Crippen molar-refractivity contribution in [3.63, 3.8) is 0 Å². The summed E-state index contributed by atoms with van der Waals surface area (Å²) in [6, 6.07) is 0. The number of hydrogen-bond acceptors (Lipinski definition) is 8. The van der Waals surface area contributed by atoms with E-state index >= 15 is 0 Å². The van der Waals surface area contributed by atoms with Gasteiger partial charge in [-0.15, -0.1) is 0 Å². The molecule has 0 aromatic heterocycles. The Kier molecular flexibility index (Phi) is 54.2. The van der Waals surface area contributed by atoms with Crippen LogP contribution in [0.2, 0.25) is 0 Å². The van der Waals surface area contributed by atoms with Gasteiger partial charge in [-0.25, -0.2) is 0 Å². The van der Waals surface area contributed by atoms with Crippen LogP contribution in [-0.2, 0) is 33.3 Å². The number of aliphatic carboxylic acids is 1. The average Bonchev–Trinajstić information content (AvgIpc) is 3.40. The lowest BCUT2D eigenvalue weighted by molar-refractivity contribution is -0.870. The number of carbonyl (C=O) groups excluding carboxylic acids is 3. The van der Waals surface area contributed by atoms with Crippen LogP contribution in [0.5, 0.6) is 0 Å². The number of carboxylic acid groups (broad SMARTS) is 1. The molecule has 436 valence electrons. The van der Waals surface area contributed by atoms with E-state index in [0.29, 0.717) is 17.4 Å². The molecule has 0 aromatic carbocycles. The zero-order valence-corrected chi connectivity index (χ0v) is 49.5. The standard InChI is InChI=1S/C68H111NO8/c1-6-8-10-12-14-16-18-20-22-24-26-28-30-31-32-33-34-35-37-39-41-43-45-47-49-51-53-55-57-59-66(71)77-64(63-76-68(67(72)73)74-61-60-69(3,4)5)62-75-65(70)58-56-54-52-50-48-46-44-42-40-38-36-29-27-25-23-21-19-17-15-13-11-9-7-2/h8-11,14-17,20-23,26-29,31-32,34-35,39,41,64,68H,6-7,12-13,18-19,24-25,30,33,36-38,40,42-63H2,1-5H3/b10-8-,11-9-,16-14-,17-15-,22-20-,23-21-,28-26-,29-27-,32-31-,35-34-,41-39-. The highest BCUT2D eigenvalue weighted by molar-refractivity contribution is 5.70. The monoisotopic (exact) mass is 1070 g/mol. The minimum Gasteiger partial charge on any atom is -0.545 e. The first kappa shape index (κ1) is 72.4. The maximum absolute atomic E-state index is 12.9. The summed E-state index contributed by atoms with van der Waals surface area (Å²) in [6.07, 6.45) is 79.2. The number of esters is 2. The molecule has 0 heterocycles. The van der Waals surface area contributed by atoms with Crippen LogP contribution in [0.25, 0.3) is 0 Å². The van der Waals surface area contributed by atoms with Crippen molar-refractivity contribution in [2.75, 3.05) is 47.5 Å². The molecule has 9 nitrogen and oxygen atoms in total. The van der Waals surface area contributed by atoms with Gasteiger partial charge in [0.2, 0.25) is 0 Å². The Morgan fingerprint density at radius 2 is 0.701 bits per heavy atom. The van der Waals surface area contributed by atoms with Gasteiger partial charge < -0.3 is 33.3 Å². The van der Waals surface area contributed by atoms with Gasteiger partial charge in [0, 0.05) is 12.8 Å². The van der Waals surface area contributed by atoms with Gasteiger partial charge in [0.15, 0.2) is 12.4 Å². The second-order valence-corrected chi connectivity index (χ2v) is 20.9. The molecule has 0 saturated heterocycles. The van der Waals surface area contributed by atoms with Crippen LogP contribution in [0, 0.1) is 0 Å². The minimum absolute atomic E-state index is 0.137. The van der Waals surface area contributed by atoms with E-state index in [1.165, 1.54) is 57.8 Å². The van der Waals surface area contributed by atoms with Gasteiger partial charge in [-0.3, -0.25) is 9.59 Å². The van der Waals surface area contributed by atoms with Crippen LogP contribution in [0.3, 0.4) is 0 Å². The lowest BCUT2D eigenvalue weighted by atomic mass is 10.1. The molecule has 2 atom stereocenters. The molecular weight excluding hydrogens is 959 g/mol. The molecule has 0 spiro atoms. The lowest BCUT2D eigenvalue weighted by Gasteiger charge is -2.26. The fraction of sp³-hybridized carbons (Fsp3) is 0.632. The summed E-state index contributed by atoms with van der Waals surface area (Å²) >= 11 is 0. The summed E-state index contributed by atoms with van der Waals surface area (Å²) in [4.78, 5) is 37.4. The summed E-state index contributed by atoms with van der Waals surface area (Å²) < 4.78 is 22.7. The van der Waals surface area contributed by atoms with Crippen molar-refractivity contribution in [1.82, 2.24) is 0 Å². The van der Waals surface area contributed by atoms with Crippen molar-refractivity contribution in [3.05, 3.63) is 134 Å². The normalized spacial score (nSPS) is 13.7. The van der Waals surface area contributed by atoms with E-state index < -0.39 is 24.3 Å². The molecule has 0 saturated carbocycles. The molecule has 0 rings (SSSR count). The fourth-order valence-corrected chi connectivity index (χ4v) is 7.80. The molecule has 0 fully saturated rings. The number of hydrogen-bond donors (Lipinski definition) is 0. The lowest BCUT2D eigenvalue weighted by Crippen LogP contribution is -2.44. The van der Waals surface area contributed by atoms with E-state index in [1.54, 1.807) is 0 Å². The molecule has 77 heavy (non-hydrogen) atoms. The zero-order valence-electron chi connectivity index (χ0n) is 49.5. The van der Waals surface area contributed by atoms with Gasteiger partial charge in [0.25, 0.3) is 0 Å². The molecule has 0 aliphatic heterocycles. The first-order valence-corrected chi connectivity index (χ1v) is 30.3. The SMILES string of the molecule is CC/C=C\C/C=C\C/C=C\C/C=C\C/C=C\C/C=C\C/C=C\CCCCCCCCCC(=O)OC(COC(=O)CCCCCCCCCCCC/C=C\C/C=C\C/C=C\C/C=C\CC)COC(OCC[N+](C)(C)C)C(=O)[O-]. The number of quaternary nitrogens is 1. The van der Waals surface area contributed by atoms with E-state index in [-0.39, 0.29) is 38.6 Å². The largest absolute Gasteiger partial charge is 0.545 e. The third kappa shape index (κ3) is 58.9. The van der Waals surface area contributed by atoms with E-state index in [4.69, 9.17) is 18.9 Å². The highest BCUT2D eigenvalue weighted by Crippen LogP contribution is 2.15. The second-order valence-electron chi connectivity index (χ2n) is 20.9. The van der Waals surface area contributed by atoms with Crippen LogP contribution in [0.15, 0.2) is 134 Å². The van der Waals surface area contributed by atoms with Crippen molar-refractivity contribution in [1.29, 1.82) is 0 Å². The maximum atomic E-state index is 12.9. The van der Waals surface area contributed by atoms with E-state index in [1.807, 2.05) is 21.1 Å². The van der Waals surface area contributed by atoms with Gasteiger partial charge in [-0.2, -0.15) is 0 Å². The zero-order chi connectivity index (χ0) is 56.2. The average molecular weight is 1070 g/mol. The smallest absolute Gasteiger partial charge is 0.306 e. The number of unbranched alkanes of at least 4 members (excludes halogenated alkanes) is 17. The molecule has 0 N–H and O–H groups in total. The van der Waals surface area contributed by atoms with Crippen LogP contribution in [0.4, 0.5) is 0 Å². The number of rotatable bonds is 54. The van der Waals surface area contributed by atoms with Crippen molar-refractivity contribution in [2.45, 2.75) is 232 Å². The van der Waals surface area contributed by atoms with Gasteiger partial charge >= 0.3 is 11.9 Å². The Morgan fingerprint density at radius 1 is 0.390 bits per heavy atom. The molecule has 0 bridgehead atoms. The Hall–Kier alpha value is -4.57. The third-order valence-corrected chi connectivity index (χ3v) is 12.4. The van der Waals surface area contributed by atoms with Crippen molar-refractivity contribution in [2.24, 2.45) is 0 Å². The van der Waals surface area contributed by atoms with Gasteiger partial charge in [0.1, 0.15) is 13.2 Å². The molecule has 9 heteroatoms. The highest BCUT2D eigenvalue weighted by atomic mass is 16.7. The summed E-state index contributed by atoms with van der Waals surface area (Å²) in [6.45, 7) is 4.49. The summed E-state index contributed by atoms with van der Waals surface area (Å²) in [5.74, 6) is -2.32. The molecule has 0 aliphatic carbocycles. The maximum Gasteiger partial charge on any atom is 0.306 e. The Balaban J connectivity index is 4.30. The third-order valence-electron chi connectivity index (χ3n) is 12.4. The number of allylic oxidation sites excluding steroid dienone is 22. The molecule has 0 radical (unpaired) electrons. The molecule has 0 aromatic rings. The van der Waals surface area contributed by atoms with Crippen molar-refractivity contribution < 1.29 is 42.9 Å². The summed E-state index contributed by atoms with van der Waals surface area (Å²) in [5, 5.41) is 11.8. The van der Waals surface area contributed by atoms with Crippen LogP contribution in [0.1, 0.15) is 219 Å². The number of likely N-dealkylation sites (N-methyl/N-ethyl adjacent to an activating group) is 1. The predicted molar refractivity (Wildman–Crippen MR) is 324 cm³/mol. The number of nitrogens with zero attached hydrogens (tertiary/aromatic N) is 1. The number of ether oxygens (including phenoxy) is 4. The topological polar surface area (TPSA) is 111 Å². The Bertz CT molecular complexity index is 1720. The van der Waals surface area contributed by atoms with Crippen LogP contribution >= 0.6 is 0 Å². The summed E-state index contributed by atoms with van der Waals surface area (Å²) in [7, 11) is 5.91. The van der Waals surface area contributed by atoms with Gasteiger partial charge in [-0.1, -0.05) is 231 Å². The Labute approximate surface area is 471 Å². The fourth-order valence-electron chi connectivity index (χ4n) is 7.80. The number of carboxylic acids is 1. The van der Waals surface area contributed by atoms with Crippen LogP contribution < -0.4 is 5.11 Å². The molecular formula is C68H111NO8. The van der Waals surface area contributed by atoms with Crippen molar-refractivity contribution >= 4 is 17.9 Å². The van der Waals surface area contributed by atoms with Crippen molar-refractivity contribution in [3.8, 4) is 0 Å². The van der Waals surface area contributed by atoms with E-state index in [9.17, 15) is 19.5 Å². The van der Waals surface area contributed by atoms with E-state index in [0.717, 1.165) is 128 Å². The quantitative estimate of drug-likeness (QED) is 0.0195. The molecule has 0 amide bonds. The van der Waals surface area contributed by atoms with E-state index in [2.05, 4.69) is 148 Å². The highest BCUT2D eigenvalue weighted by Gasteiger charge is 2.22. The Morgan fingerprint density at radius 3 is 1.04 bits per heavy atom. The van der Waals surface area contributed by atoms with Crippen LogP contribution in [-0.4, -0.2) is 82.3 Å². The minimum atomic E-state index is -1.63. The predicted octanol–water partition coefficient (Wildman–Crippen LogP) is 16.9. The second kappa shape index (κ2) is 57.6. The number of carbonyl (C=O) groups is 3. The van der Waals surface area contributed by atoms with Gasteiger partial charge in [0.05, 0.1) is 40.3 Å². The molecule has 2 unspecified atom stereocenters. The first-order valence-electron chi connectivity index (χ1n) is 30.3. The first-order chi connectivity index (χ1) is 37.6. The summed E-state index contributed by atoms with van der Waals surface area (Å²) in [5.41, 5.74) is 0. The van der Waals surface area contributed by atoms with Gasteiger partial charge in [-0.05, 0) is 109 Å². The molecule has 0 aliphatic rings.